The molecule has 18 heavy (non-hydrogen) atoms. The minimum absolute atomic E-state index is 0.576. The number of hydrogen-bond donors (Lipinski definition) is 1. The lowest BCUT2D eigenvalue weighted by Crippen LogP contribution is -1.99. The van der Waals surface area contributed by atoms with Crippen molar-refractivity contribution in [1.82, 2.24) is 0 Å². The molecule has 0 spiro atoms. The van der Waals surface area contributed by atoms with Crippen molar-refractivity contribution in [3.63, 3.8) is 0 Å². The highest BCUT2D eigenvalue weighted by molar-refractivity contribution is 7.98. The zero-order chi connectivity index (χ0) is 13.0. The minimum Gasteiger partial charge on any atom is -0.326 e. The van der Waals surface area contributed by atoms with Crippen LogP contribution in [0.15, 0.2) is 47.4 Å². The van der Waals surface area contributed by atoms with Crippen molar-refractivity contribution in [2.75, 3.05) is 0 Å². The van der Waals surface area contributed by atoms with E-state index in [0.29, 0.717) is 6.54 Å². The number of rotatable bonds is 4. The van der Waals surface area contributed by atoms with Crippen molar-refractivity contribution in [2.45, 2.75) is 24.1 Å². The Bertz CT molecular complexity index is 540. The summed E-state index contributed by atoms with van der Waals surface area (Å²) in [7, 11) is 0. The van der Waals surface area contributed by atoms with Gasteiger partial charge in [-0.3, -0.25) is 0 Å². The maximum Gasteiger partial charge on any atom is 0.0446 e. The summed E-state index contributed by atoms with van der Waals surface area (Å²) >= 11 is 7.97. The summed E-state index contributed by atoms with van der Waals surface area (Å²) in [5.74, 6) is 0.873. The molecule has 2 N–H and O–H groups in total. The van der Waals surface area contributed by atoms with E-state index in [1.165, 1.54) is 16.0 Å². The standard InChI is InChI=1S/C15H16ClNS/c1-11-5-4-7-12(9-17)15(11)18-10-13-6-2-3-8-14(13)16/h2-8H,9-10,17H2,1H3. The van der Waals surface area contributed by atoms with Crippen LogP contribution in [0.5, 0.6) is 0 Å². The topological polar surface area (TPSA) is 26.0 Å². The predicted octanol–water partition coefficient (Wildman–Crippen LogP) is 4.40. The van der Waals surface area contributed by atoms with E-state index in [2.05, 4.69) is 31.2 Å². The molecule has 0 saturated heterocycles. The van der Waals surface area contributed by atoms with Gasteiger partial charge in [-0.05, 0) is 29.7 Å². The second-order valence-corrected chi connectivity index (χ2v) is 5.54. The van der Waals surface area contributed by atoms with Gasteiger partial charge in [-0.1, -0.05) is 48.0 Å². The van der Waals surface area contributed by atoms with Crippen LogP contribution in [0.1, 0.15) is 16.7 Å². The van der Waals surface area contributed by atoms with E-state index in [-0.39, 0.29) is 0 Å². The van der Waals surface area contributed by atoms with Crippen molar-refractivity contribution in [3.8, 4) is 0 Å². The second kappa shape index (κ2) is 6.28. The van der Waals surface area contributed by atoms with Crippen LogP contribution in [0, 0.1) is 6.92 Å². The van der Waals surface area contributed by atoms with Crippen molar-refractivity contribution in [2.24, 2.45) is 5.73 Å². The van der Waals surface area contributed by atoms with Crippen LogP contribution in [0.4, 0.5) is 0 Å². The van der Waals surface area contributed by atoms with E-state index in [0.717, 1.165) is 16.3 Å². The van der Waals surface area contributed by atoms with Crippen LogP contribution >= 0.6 is 23.4 Å². The molecule has 0 fully saturated rings. The van der Waals surface area contributed by atoms with Gasteiger partial charge in [-0.25, -0.2) is 0 Å². The Morgan fingerprint density at radius 2 is 1.78 bits per heavy atom. The van der Waals surface area contributed by atoms with E-state index < -0.39 is 0 Å². The molecule has 2 rings (SSSR count). The van der Waals surface area contributed by atoms with E-state index >= 15 is 0 Å². The summed E-state index contributed by atoms with van der Waals surface area (Å²) in [4.78, 5) is 1.28. The monoisotopic (exact) mass is 277 g/mol. The molecule has 0 radical (unpaired) electrons. The number of thioether (sulfide) groups is 1. The molecule has 0 atom stereocenters. The van der Waals surface area contributed by atoms with Gasteiger partial charge in [-0.2, -0.15) is 0 Å². The average Bonchev–Trinajstić information content (AvgIpc) is 2.39. The molecule has 1 nitrogen and oxygen atoms in total. The van der Waals surface area contributed by atoms with Crippen LogP contribution in [-0.2, 0) is 12.3 Å². The van der Waals surface area contributed by atoms with Gasteiger partial charge in [0.1, 0.15) is 0 Å². The molecule has 0 aliphatic rings. The molecule has 0 aliphatic heterocycles. The maximum absolute atomic E-state index is 6.17. The summed E-state index contributed by atoms with van der Waals surface area (Å²) in [5.41, 5.74) is 9.42. The Morgan fingerprint density at radius 3 is 2.50 bits per heavy atom. The molecule has 0 saturated carbocycles. The molecule has 0 aliphatic carbocycles. The van der Waals surface area contributed by atoms with Gasteiger partial charge in [0.05, 0.1) is 0 Å². The summed E-state index contributed by atoms with van der Waals surface area (Å²) in [6.07, 6.45) is 0. The lowest BCUT2D eigenvalue weighted by Gasteiger charge is -2.11. The summed E-state index contributed by atoms with van der Waals surface area (Å²) < 4.78 is 0. The fraction of sp³-hybridized carbons (Fsp3) is 0.200. The van der Waals surface area contributed by atoms with Gasteiger partial charge in [0.2, 0.25) is 0 Å². The SMILES string of the molecule is Cc1cccc(CN)c1SCc1ccccc1Cl. The molecule has 0 amide bonds. The fourth-order valence-electron chi connectivity index (χ4n) is 1.85. The third-order valence-corrected chi connectivity index (χ3v) is 4.54. The average molecular weight is 278 g/mol. The first-order valence-corrected chi connectivity index (χ1v) is 7.23. The van der Waals surface area contributed by atoms with Crippen LogP contribution in [0.25, 0.3) is 0 Å². The van der Waals surface area contributed by atoms with E-state index in [9.17, 15) is 0 Å². The number of halogens is 1. The zero-order valence-electron chi connectivity index (χ0n) is 10.3. The molecule has 0 bridgehead atoms. The number of nitrogens with two attached hydrogens (primary N) is 1. The van der Waals surface area contributed by atoms with Gasteiger partial charge in [-0.15, -0.1) is 11.8 Å². The molecule has 0 heterocycles. The summed E-state index contributed by atoms with van der Waals surface area (Å²) in [5, 5.41) is 0.827. The Balaban J connectivity index is 2.18. The third-order valence-electron chi connectivity index (χ3n) is 2.84. The van der Waals surface area contributed by atoms with Crippen molar-refractivity contribution in [1.29, 1.82) is 0 Å². The summed E-state index contributed by atoms with van der Waals surface area (Å²) in [6, 6.07) is 14.2. The molecule has 3 heteroatoms. The Morgan fingerprint density at radius 1 is 1.06 bits per heavy atom. The first kappa shape index (κ1) is 13.5. The van der Waals surface area contributed by atoms with Gasteiger partial charge in [0.15, 0.2) is 0 Å². The number of hydrogen-bond acceptors (Lipinski definition) is 2. The highest BCUT2D eigenvalue weighted by Crippen LogP contribution is 2.31. The number of aryl methyl sites for hydroxylation is 1. The van der Waals surface area contributed by atoms with Gasteiger partial charge >= 0.3 is 0 Å². The Kier molecular flexibility index (Phi) is 4.70. The van der Waals surface area contributed by atoms with Crippen LogP contribution < -0.4 is 5.73 Å². The largest absolute Gasteiger partial charge is 0.326 e. The minimum atomic E-state index is 0.576. The highest BCUT2D eigenvalue weighted by atomic mass is 35.5. The fourth-order valence-corrected chi connectivity index (χ4v) is 3.31. The number of benzene rings is 2. The van der Waals surface area contributed by atoms with Gasteiger partial charge in [0.25, 0.3) is 0 Å². The van der Waals surface area contributed by atoms with Gasteiger partial charge < -0.3 is 5.73 Å². The Labute approximate surface area is 117 Å². The lowest BCUT2D eigenvalue weighted by atomic mass is 10.1. The zero-order valence-corrected chi connectivity index (χ0v) is 11.9. The van der Waals surface area contributed by atoms with Crippen LogP contribution in [0.3, 0.4) is 0 Å². The Hall–Kier alpha value is -0.960. The molecule has 0 unspecified atom stereocenters. The molecule has 2 aromatic carbocycles. The first-order valence-electron chi connectivity index (χ1n) is 5.87. The van der Waals surface area contributed by atoms with Crippen molar-refractivity contribution < 1.29 is 0 Å². The molecule has 0 aromatic heterocycles. The molecule has 2 aromatic rings. The van der Waals surface area contributed by atoms with Crippen LogP contribution in [0.2, 0.25) is 5.02 Å². The van der Waals surface area contributed by atoms with E-state index in [4.69, 9.17) is 17.3 Å². The molecule has 94 valence electrons. The quantitative estimate of drug-likeness (QED) is 0.839. The second-order valence-electron chi connectivity index (χ2n) is 4.15. The predicted molar refractivity (Wildman–Crippen MR) is 80.1 cm³/mol. The first-order chi connectivity index (χ1) is 8.72. The van der Waals surface area contributed by atoms with Crippen molar-refractivity contribution >= 4 is 23.4 Å². The van der Waals surface area contributed by atoms with Crippen LogP contribution in [-0.4, -0.2) is 0 Å². The van der Waals surface area contributed by atoms with E-state index in [1.807, 2.05) is 18.2 Å². The van der Waals surface area contributed by atoms with E-state index in [1.54, 1.807) is 11.8 Å². The van der Waals surface area contributed by atoms with Crippen molar-refractivity contribution in [3.05, 3.63) is 64.2 Å². The molecular weight excluding hydrogens is 262 g/mol. The third kappa shape index (κ3) is 3.08. The smallest absolute Gasteiger partial charge is 0.0446 e. The van der Waals surface area contributed by atoms with Gasteiger partial charge in [0, 0.05) is 22.2 Å². The molecular formula is C15H16ClNS. The summed E-state index contributed by atoms with van der Waals surface area (Å²) in [6.45, 7) is 2.70. The maximum atomic E-state index is 6.17. The normalized spacial score (nSPS) is 10.6. The highest BCUT2D eigenvalue weighted by Gasteiger charge is 2.06. The lowest BCUT2D eigenvalue weighted by molar-refractivity contribution is 1.01.